The lowest BCUT2D eigenvalue weighted by Gasteiger charge is -2.29. The highest BCUT2D eigenvalue weighted by molar-refractivity contribution is 4.66. The monoisotopic (exact) mass is 329 g/mol. The topological polar surface area (TPSA) is 16.2 Å². The fraction of sp³-hybridized carbons (Fsp3) is 1.00. The van der Waals surface area contributed by atoms with Crippen molar-refractivity contribution in [3.63, 3.8) is 0 Å². The van der Waals surface area contributed by atoms with Gasteiger partial charge in [-0.3, -0.25) is 0 Å². The third kappa shape index (κ3) is 12.8. The lowest BCUT2D eigenvalue weighted by atomic mass is 10.3. The quantitative estimate of drug-likeness (QED) is 0.445. The Hall–Kier alpha value is -0.200. The average Bonchev–Trinajstić information content (AvgIpc) is 2.52. The molecule has 0 radical (unpaired) electrons. The predicted molar refractivity (Wildman–Crippen MR) is 103 cm³/mol. The summed E-state index contributed by atoms with van der Waals surface area (Å²) in [7, 11) is 8.61. The molecule has 0 aliphatic carbocycles. The van der Waals surface area contributed by atoms with E-state index in [-0.39, 0.29) is 0 Å². The molecule has 0 bridgehead atoms. The molecular weight excluding hydrogens is 286 g/mol. The minimum Gasteiger partial charge on any atom is -0.308 e. The Morgan fingerprint density at radius 2 is 0.609 bits per heavy atom. The van der Waals surface area contributed by atoms with E-state index in [0.717, 1.165) is 32.7 Å². The lowest BCUT2D eigenvalue weighted by Crippen LogP contribution is -2.42. The highest BCUT2D eigenvalue weighted by Gasteiger charge is 2.09. The number of rotatable bonds is 15. The van der Waals surface area contributed by atoms with E-state index in [1.165, 1.54) is 39.3 Å². The predicted octanol–water partition coefficient (Wildman–Crippen LogP) is 1.08. The maximum absolute atomic E-state index is 2.59. The van der Waals surface area contributed by atoms with Gasteiger partial charge in [0, 0.05) is 52.4 Å². The van der Waals surface area contributed by atoms with Gasteiger partial charge in [-0.15, -0.1) is 0 Å². The average molecular weight is 330 g/mol. The fourth-order valence-corrected chi connectivity index (χ4v) is 2.53. The van der Waals surface area contributed by atoms with Gasteiger partial charge in [-0.2, -0.15) is 0 Å². The molecule has 0 amide bonds. The van der Waals surface area contributed by atoms with E-state index in [0.29, 0.717) is 0 Å². The first kappa shape index (κ1) is 22.8. The van der Waals surface area contributed by atoms with Crippen molar-refractivity contribution in [2.24, 2.45) is 0 Å². The Labute approximate surface area is 146 Å². The Morgan fingerprint density at radius 1 is 0.391 bits per heavy atom. The third-order valence-electron chi connectivity index (χ3n) is 4.53. The van der Waals surface area contributed by atoms with Crippen molar-refractivity contribution < 1.29 is 0 Å². The van der Waals surface area contributed by atoms with Crippen molar-refractivity contribution in [2.75, 3.05) is 100 Å². The van der Waals surface area contributed by atoms with Gasteiger partial charge < -0.3 is 24.5 Å². The van der Waals surface area contributed by atoms with E-state index in [4.69, 9.17) is 0 Å². The van der Waals surface area contributed by atoms with Crippen molar-refractivity contribution in [1.82, 2.24) is 24.5 Å². The molecule has 0 aromatic heterocycles. The molecule has 0 aromatic rings. The van der Waals surface area contributed by atoms with E-state index in [1.807, 2.05) is 0 Å². The first-order valence-electron chi connectivity index (χ1n) is 9.39. The smallest absolute Gasteiger partial charge is 0.0110 e. The molecule has 0 spiro atoms. The van der Waals surface area contributed by atoms with Crippen LogP contribution in [-0.2, 0) is 0 Å². The van der Waals surface area contributed by atoms with Gasteiger partial charge in [0.2, 0.25) is 0 Å². The van der Waals surface area contributed by atoms with Crippen molar-refractivity contribution in [3.05, 3.63) is 0 Å². The zero-order valence-corrected chi connectivity index (χ0v) is 17.0. The molecule has 0 rings (SSSR count). The number of nitrogens with zero attached hydrogens (tertiary/aromatic N) is 5. The number of likely N-dealkylation sites (N-methyl/N-ethyl adjacent to an activating group) is 5. The van der Waals surface area contributed by atoms with Gasteiger partial charge in [0.15, 0.2) is 0 Å². The summed E-state index contributed by atoms with van der Waals surface area (Å²) in [6, 6.07) is 0. The van der Waals surface area contributed by atoms with Gasteiger partial charge in [0.25, 0.3) is 0 Å². The van der Waals surface area contributed by atoms with Crippen LogP contribution in [0.3, 0.4) is 0 Å². The van der Waals surface area contributed by atoms with Crippen LogP contribution in [0.15, 0.2) is 0 Å². The molecule has 5 heteroatoms. The van der Waals surface area contributed by atoms with Crippen LogP contribution < -0.4 is 0 Å². The van der Waals surface area contributed by atoms with Crippen LogP contribution in [0, 0.1) is 0 Å². The summed E-state index contributed by atoms with van der Waals surface area (Å²) in [5.74, 6) is 0. The molecule has 0 saturated carbocycles. The molecule has 0 aromatic carbocycles. The molecule has 0 unspecified atom stereocenters. The highest BCUT2D eigenvalue weighted by atomic mass is 15.2. The molecule has 0 atom stereocenters. The van der Waals surface area contributed by atoms with Gasteiger partial charge in [-0.05, 0) is 47.8 Å². The van der Waals surface area contributed by atoms with Crippen molar-refractivity contribution in [2.45, 2.75) is 20.8 Å². The maximum Gasteiger partial charge on any atom is 0.0110 e. The van der Waals surface area contributed by atoms with Crippen LogP contribution in [-0.4, -0.2) is 125 Å². The van der Waals surface area contributed by atoms with Crippen LogP contribution in [0.25, 0.3) is 0 Å². The second-order valence-corrected chi connectivity index (χ2v) is 6.91. The molecule has 0 heterocycles. The van der Waals surface area contributed by atoms with Crippen LogP contribution in [0.2, 0.25) is 0 Å². The molecule has 0 N–H and O–H groups in total. The van der Waals surface area contributed by atoms with Gasteiger partial charge in [-0.25, -0.2) is 0 Å². The Bertz CT molecular complexity index is 234. The summed E-state index contributed by atoms with van der Waals surface area (Å²) in [6.45, 7) is 19.6. The molecule has 140 valence electrons. The van der Waals surface area contributed by atoms with Gasteiger partial charge in [0.1, 0.15) is 0 Å². The summed E-state index contributed by atoms with van der Waals surface area (Å²) in [5, 5.41) is 0. The normalized spacial score (nSPS) is 12.5. The summed E-state index contributed by atoms with van der Waals surface area (Å²) in [5.41, 5.74) is 0. The van der Waals surface area contributed by atoms with E-state index in [1.54, 1.807) is 0 Å². The second-order valence-electron chi connectivity index (χ2n) is 6.91. The Kier molecular flexibility index (Phi) is 14.0. The molecule has 0 saturated heterocycles. The van der Waals surface area contributed by atoms with Crippen molar-refractivity contribution >= 4 is 0 Å². The van der Waals surface area contributed by atoms with E-state index in [9.17, 15) is 0 Å². The fourth-order valence-electron chi connectivity index (χ4n) is 2.53. The molecule has 23 heavy (non-hydrogen) atoms. The maximum atomic E-state index is 2.59. The SMILES string of the molecule is CCN(CCN(C)C)CCN(CC)CCN(CC)CCN(C)C. The lowest BCUT2D eigenvalue weighted by molar-refractivity contribution is 0.174. The van der Waals surface area contributed by atoms with E-state index >= 15 is 0 Å². The molecule has 0 aliphatic heterocycles. The zero-order chi connectivity index (χ0) is 17.7. The summed E-state index contributed by atoms with van der Waals surface area (Å²) in [4.78, 5) is 12.3. The Morgan fingerprint density at radius 3 is 0.783 bits per heavy atom. The standard InChI is InChI=1S/C18H43N5/c1-8-21(13-11-19(4)5)15-17-23(10-3)18-16-22(9-2)14-12-20(6)7/h8-18H2,1-7H3. The second kappa shape index (κ2) is 14.2. The van der Waals surface area contributed by atoms with Crippen LogP contribution in [0.5, 0.6) is 0 Å². The van der Waals surface area contributed by atoms with Crippen LogP contribution >= 0.6 is 0 Å². The van der Waals surface area contributed by atoms with Crippen molar-refractivity contribution in [3.8, 4) is 0 Å². The Balaban J connectivity index is 4.07. The van der Waals surface area contributed by atoms with E-state index in [2.05, 4.69) is 73.5 Å². The molecule has 0 fully saturated rings. The van der Waals surface area contributed by atoms with Gasteiger partial charge in [0.05, 0.1) is 0 Å². The molecular formula is C18H43N5. The summed E-state index contributed by atoms with van der Waals surface area (Å²) in [6.07, 6.45) is 0. The number of hydrogen-bond donors (Lipinski definition) is 0. The van der Waals surface area contributed by atoms with Crippen molar-refractivity contribution in [1.29, 1.82) is 0 Å². The van der Waals surface area contributed by atoms with Gasteiger partial charge in [-0.1, -0.05) is 20.8 Å². The van der Waals surface area contributed by atoms with E-state index < -0.39 is 0 Å². The zero-order valence-electron chi connectivity index (χ0n) is 17.0. The minimum absolute atomic E-state index is 1.15. The highest BCUT2D eigenvalue weighted by Crippen LogP contribution is 1.96. The minimum atomic E-state index is 1.15. The van der Waals surface area contributed by atoms with Crippen LogP contribution in [0.4, 0.5) is 0 Å². The molecule has 5 nitrogen and oxygen atoms in total. The van der Waals surface area contributed by atoms with Crippen LogP contribution in [0.1, 0.15) is 20.8 Å². The number of hydrogen-bond acceptors (Lipinski definition) is 5. The summed E-state index contributed by atoms with van der Waals surface area (Å²) < 4.78 is 0. The first-order valence-corrected chi connectivity index (χ1v) is 9.39. The summed E-state index contributed by atoms with van der Waals surface area (Å²) >= 11 is 0. The third-order valence-corrected chi connectivity index (χ3v) is 4.53. The largest absolute Gasteiger partial charge is 0.308 e. The van der Waals surface area contributed by atoms with Gasteiger partial charge >= 0.3 is 0 Å². The first-order chi connectivity index (χ1) is 10.9. The molecule has 0 aliphatic rings.